The van der Waals surface area contributed by atoms with Crippen LogP contribution in [0, 0.1) is 5.82 Å². The van der Waals surface area contributed by atoms with Gasteiger partial charge in [-0.05, 0) is 36.6 Å². The van der Waals surface area contributed by atoms with Crippen LogP contribution < -0.4 is 9.62 Å². The molecule has 0 heterocycles. The van der Waals surface area contributed by atoms with Crippen molar-refractivity contribution >= 4 is 27.7 Å². The van der Waals surface area contributed by atoms with Gasteiger partial charge in [-0.3, -0.25) is 9.59 Å². The molecule has 3 aromatic carbocycles. The average molecular weight is 581 g/mol. The number of benzene rings is 3. The molecule has 41 heavy (non-hydrogen) atoms. The first-order valence-electron chi connectivity index (χ1n) is 13.8. The van der Waals surface area contributed by atoms with E-state index in [4.69, 9.17) is 0 Å². The Balaban J connectivity index is 1.75. The minimum absolute atomic E-state index is 0.00104. The number of carbonyl (C=O) groups excluding carboxylic acids is 2. The van der Waals surface area contributed by atoms with Crippen LogP contribution in [0.3, 0.4) is 0 Å². The lowest BCUT2D eigenvalue weighted by molar-refractivity contribution is -0.140. The Morgan fingerprint density at radius 3 is 2.10 bits per heavy atom. The maximum Gasteiger partial charge on any atom is 0.304 e. The Bertz CT molecular complexity index is 1410. The van der Waals surface area contributed by atoms with Crippen LogP contribution in [-0.4, -0.2) is 62.2 Å². The summed E-state index contributed by atoms with van der Waals surface area (Å²) in [6.45, 7) is -0.771. The molecule has 2 amide bonds. The van der Waals surface area contributed by atoms with Gasteiger partial charge >= 0.3 is 10.2 Å². The second kappa shape index (κ2) is 13.7. The number of nitrogens with zero attached hydrogens (tertiary/aromatic N) is 3. The Labute approximate surface area is 241 Å². The maximum absolute atomic E-state index is 14.9. The molecule has 0 spiro atoms. The minimum atomic E-state index is -4.08. The summed E-state index contributed by atoms with van der Waals surface area (Å²) in [4.78, 5) is 29.3. The van der Waals surface area contributed by atoms with Crippen molar-refractivity contribution < 1.29 is 22.4 Å². The van der Waals surface area contributed by atoms with Crippen LogP contribution in [-0.2, 0) is 32.8 Å². The standard InChI is InChI=1S/C31H37FN4O4S/c1-34(2)41(39,40)36(27-18-7-4-8-19-27)23-30(37)35(22-25-15-9-12-20-28(25)32)29(21-24-13-5-3-6-14-24)31(38)33-26-16-10-11-17-26/h3-9,12-15,18-20,26,29H,10-11,16-17,21-23H2,1-2H3,(H,33,38)/t29-/m1/s1. The molecule has 4 rings (SSSR count). The Kier molecular flexibility index (Phi) is 10.1. The van der Waals surface area contributed by atoms with E-state index in [0.717, 1.165) is 39.9 Å². The van der Waals surface area contributed by atoms with Gasteiger partial charge in [0.2, 0.25) is 11.8 Å². The zero-order chi connectivity index (χ0) is 29.4. The number of carbonyl (C=O) groups is 2. The third-order valence-corrected chi connectivity index (χ3v) is 9.15. The highest BCUT2D eigenvalue weighted by Gasteiger charge is 2.35. The fourth-order valence-corrected chi connectivity index (χ4v) is 6.10. The lowest BCUT2D eigenvalue weighted by atomic mass is 10.0. The van der Waals surface area contributed by atoms with Crippen LogP contribution in [0.5, 0.6) is 0 Å². The fraction of sp³-hybridized carbons (Fsp3) is 0.355. The van der Waals surface area contributed by atoms with Crippen LogP contribution in [0.4, 0.5) is 10.1 Å². The van der Waals surface area contributed by atoms with E-state index in [1.54, 1.807) is 48.5 Å². The van der Waals surface area contributed by atoms with E-state index in [9.17, 15) is 22.4 Å². The lowest BCUT2D eigenvalue weighted by Gasteiger charge is -2.35. The van der Waals surface area contributed by atoms with Crippen molar-refractivity contribution in [2.24, 2.45) is 0 Å². The third kappa shape index (κ3) is 7.71. The van der Waals surface area contributed by atoms with Gasteiger partial charge < -0.3 is 10.2 Å². The molecule has 0 unspecified atom stereocenters. The number of amides is 2. The number of hydrogen-bond acceptors (Lipinski definition) is 4. The molecular weight excluding hydrogens is 543 g/mol. The number of rotatable bonds is 12. The quantitative estimate of drug-likeness (QED) is 0.349. The largest absolute Gasteiger partial charge is 0.352 e. The van der Waals surface area contributed by atoms with Crippen molar-refractivity contribution in [3.05, 3.63) is 102 Å². The minimum Gasteiger partial charge on any atom is -0.352 e. The number of hydrogen-bond donors (Lipinski definition) is 1. The van der Waals surface area contributed by atoms with E-state index in [-0.39, 0.29) is 30.5 Å². The zero-order valence-corrected chi connectivity index (χ0v) is 24.3. The Morgan fingerprint density at radius 1 is 0.902 bits per heavy atom. The molecule has 1 saturated carbocycles. The van der Waals surface area contributed by atoms with Crippen molar-refractivity contribution in [1.29, 1.82) is 0 Å². The lowest BCUT2D eigenvalue weighted by Crippen LogP contribution is -2.55. The van der Waals surface area contributed by atoms with Gasteiger partial charge in [-0.15, -0.1) is 0 Å². The molecule has 10 heteroatoms. The molecule has 218 valence electrons. The zero-order valence-electron chi connectivity index (χ0n) is 23.4. The number of para-hydroxylation sites is 1. The van der Waals surface area contributed by atoms with Gasteiger partial charge in [0.25, 0.3) is 0 Å². The summed E-state index contributed by atoms with van der Waals surface area (Å²) in [7, 11) is -1.30. The van der Waals surface area contributed by atoms with Gasteiger partial charge in [-0.2, -0.15) is 12.7 Å². The van der Waals surface area contributed by atoms with Crippen molar-refractivity contribution in [2.45, 2.75) is 50.7 Å². The molecule has 1 N–H and O–H groups in total. The second-order valence-corrected chi connectivity index (χ2v) is 12.5. The molecule has 0 saturated heterocycles. The number of halogens is 1. The highest BCUT2D eigenvalue weighted by molar-refractivity contribution is 7.90. The smallest absolute Gasteiger partial charge is 0.304 e. The maximum atomic E-state index is 14.9. The van der Waals surface area contributed by atoms with Gasteiger partial charge in [0.05, 0.1) is 5.69 Å². The monoisotopic (exact) mass is 580 g/mol. The van der Waals surface area contributed by atoms with Crippen LogP contribution in [0.1, 0.15) is 36.8 Å². The summed E-state index contributed by atoms with van der Waals surface area (Å²) in [5, 5.41) is 3.10. The summed E-state index contributed by atoms with van der Waals surface area (Å²) < 4.78 is 43.7. The van der Waals surface area contributed by atoms with Gasteiger partial charge in [-0.1, -0.05) is 79.6 Å². The number of nitrogens with one attached hydrogen (secondary N) is 1. The summed E-state index contributed by atoms with van der Waals surface area (Å²) >= 11 is 0. The van der Waals surface area contributed by atoms with E-state index >= 15 is 0 Å². The highest BCUT2D eigenvalue weighted by Crippen LogP contribution is 2.23. The SMILES string of the molecule is CN(C)S(=O)(=O)N(CC(=O)N(Cc1ccccc1F)[C@H](Cc1ccccc1)C(=O)NC1CCCC1)c1ccccc1. The van der Waals surface area contributed by atoms with Gasteiger partial charge in [0.1, 0.15) is 18.4 Å². The fourth-order valence-electron chi connectivity index (χ4n) is 5.04. The van der Waals surface area contributed by atoms with Gasteiger partial charge in [-0.25, -0.2) is 8.70 Å². The van der Waals surface area contributed by atoms with Crippen molar-refractivity contribution in [3.63, 3.8) is 0 Å². The van der Waals surface area contributed by atoms with Crippen molar-refractivity contribution in [2.75, 3.05) is 24.9 Å². The van der Waals surface area contributed by atoms with Crippen LogP contribution in [0.15, 0.2) is 84.9 Å². The Morgan fingerprint density at radius 2 is 1.49 bits per heavy atom. The van der Waals surface area contributed by atoms with Crippen LogP contribution >= 0.6 is 0 Å². The third-order valence-electron chi connectivity index (χ3n) is 7.33. The van der Waals surface area contributed by atoms with E-state index < -0.39 is 34.5 Å². The van der Waals surface area contributed by atoms with Gasteiger partial charge in [0, 0.05) is 38.7 Å². The first-order valence-corrected chi connectivity index (χ1v) is 15.2. The molecule has 0 aliphatic heterocycles. The van der Waals surface area contributed by atoms with E-state index in [1.807, 2.05) is 30.3 Å². The Hall–Kier alpha value is -3.76. The van der Waals surface area contributed by atoms with Crippen molar-refractivity contribution in [1.82, 2.24) is 14.5 Å². The van der Waals surface area contributed by atoms with E-state index in [1.165, 1.54) is 25.1 Å². The molecule has 1 aliphatic carbocycles. The molecule has 8 nitrogen and oxygen atoms in total. The van der Waals surface area contributed by atoms with Crippen molar-refractivity contribution in [3.8, 4) is 0 Å². The summed E-state index contributed by atoms with van der Waals surface area (Å²) in [6.07, 6.45) is 3.92. The van der Waals surface area contributed by atoms with Crippen LogP contribution in [0.25, 0.3) is 0 Å². The first-order chi connectivity index (χ1) is 19.7. The summed E-state index contributed by atoms with van der Waals surface area (Å²) in [5.74, 6) is -1.47. The molecular formula is C31H37FN4O4S. The average Bonchev–Trinajstić information content (AvgIpc) is 3.48. The second-order valence-electron chi connectivity index (χ2n) is 10.4. The van der Waals surface area contributed by atoms with E-state index in [2.05, 4.69) is 5.32 Å². The summed E-state index contributed by atoms with van der Waals surface area (Å²) in [6, 6.07) is 22.7. The normalized spacial score (nSPS) is 14.5. The molecule has 1 atom stereocenters. The van der Waals surface area contributed by atoms with Gasteiger partial charge in [0.15, 0.2) is 0 Å². The highest BCUT2D eigenvalue weighted by atomic mass is 32.2. The van der Waals surface area contributed by atoms with Crippen LogP contribution in [0.2, 0.25) is 0 Å². The topological polar surface area (TPSA) is 90.0 Å². The predicted molar refractivity (Wildman–Crippen MR) is 158 cm³/mol. The summed E-state index contributed by atoms with van der Waals surface area (Å²) in [5.41, 5.74) is 1.36. The molecule has 0 aromatic heterocycles. The molecule has 3 aromatic rings. The molecule has 0 radical (unpaired) electrons. The molecule has 0 bridgehead atoms. The predicted octanol–water partition coefficient (Wildman–Crippen LogP) is 4.14. The first kappa shape index (κ1) is 30.2. The number of anilines is 1. The molecule has 1 fully saturated rings. The molecule has 1 aliphatic rings. The van der Waals surface area contributed by atoms with E-state index in [0.29, 0.717) is 5.69 Å².